The standard InChI is InChI=1S/C20H23N3O4/c1-27-17-9-6-14(7-10-17)13-21-20(24)18-12-16(23(25)26)8-11-19(18)22-15-4-2-3-5-15/h6-12,15,22H,2-5,13H2,1H3,(H,21,24). The molecule has 0 saturated heterocycles. The zero-order valence-corrected chi connectivity index (χ0v) is 15.2. The van der Waals surface area contributed by atoms with Gasteiger partial charge in [0.15, 0.2) is 0 Å². The number of hydrogen-bond donors (Lipinski definition) is 2. The molecular formula is C20H23N3O4. The molecule has 0 unspecified atom stereocenters. The van der Waals surface area contributed by atoms with Crippen LogP contribution in [-0.2, 0) is 6.54 Å². The Morgan fingerprint density at radius 3 is 2.52 bits per heavy atom. The van der Waals surface area contributed by atoms with Crippen molar-refractivity contribution < 1.29 is 14.5 Å². The Hall–Kier alpha value is -3.09. The molecule has 2 aromatic carbocycles. The third kappa shape index (κ3) is 4.75. The summed E-state index contributed by atoms with van der Waals surface area (Å²) in [5.41, 5.74) is 1.76. The van der Waals surface area contributed by atoms with Crippen LogP contribution in [0.5, 0.6) is 5.75 Å². The molecule has 0 aromatic heterocycles. The maximum atomic E-state index is 12.7. The zero-order valence-electron chi connectivity index (χ0n) is 15.2. The third-order valence-corrected chi connectivity index (χ3v) is 4.79. The summed E-state index contributed by atoms with van der Waals surface area (Å²) in [5.74, 6) is 0.404. The zero-order chi connectivity index (χ0) is 19.2. The highest BCUT2D eigenvalue weighted by molar-refractivity contribution is 6.00. The lowest BCUT2D eigenvalue weighted by Crippen LogP contribution is -2.25. The largest absolute Gasteiger partial charge is 0.497 e. The number of methoxy groups -OCH3 is 1. The summed E-state index contributed by atoms with van der Waals surface area (Å²) in [6.07, 6.45) is 4.40. The SMILES string of the molecule is COc1ccc(CNC(=O)c2cc([N+](=O)[O-])ccc2NC2CCCC2)cc1. The molecule has 27 heavy (non-hydrogen) atoms. The first-order valence-corrected chi connectivity index (χ1v) is 9.03. The van der Waals surface area contributed by atoms with Gasteiger partial charge in [-0.25, -0.2) is 0 Å². The molecule has 0 bridgehead atoms. The summed E-state index contributed by atoms with van der Waals surface area (Å²) in [6, 6.07) is 12.1. The summed E-state index contributed by atoms with van der Waals surface area (Å²) >= 11 is 0. The number of benzene rings is 2. The predicted octanol–water partition coefficient (Wildman–Crippen LogP) is 3.89. The second-order valence-corrected chi connectivity index (χ2v) is 6.64. The molecule has 3 rings (SSSR count). The van der Waals surface area contributed by atoms with Crippen LogP contribution >= 0.6 is 0 Å². The topological polar surface area (TPSA) is 93.5 Å². The van der Waals surface area contributed by atoms with Crippen molar-refractivity contribution in [2.75, 3.05) is 12.4 Å². The molecule has 0 spiro atoms. The van der Waals surface area contributed by atoms with Crippen molar-refractivity contribution in [2.45, 2.75) is 38.3 Å². The molecule has 0 heterocycles. The fourth-order valence-electron chi connectivity index (χ4n) is 3.27. The molecule has 1 aliphatic rings. The number of nitrogens with zero attached hydrogens (tertiary/aromatic N) is 1. The van der Waals surface area contributed by atoms with Crippen LogP contribution in [0.2, 0.25) is 0 Å². The Morgan fingerprint density at radius 1 is 1.19 bits per heavy atom. The molecule has 2 N–H and O–H groups in total. The Bertz CT molecular complexity index is 814. The van der Waals surface area contributed by atoms with Crippen LogP contribution < -0.4 is 15.4 Å². The van der Waals surface area contributed by atoms with Crippen molar-refractivity contribution in [3.05, 3.63) is 63.7 Å². The number of nitrogens with one attached hydrogen (secondary N) is 2. The van der Waals surface area contributed by atoms with Gasteiger partial charge in [-0.05, 0) is 36.6 Å². The van der Waals surface area contributed by atoms with E-state index in [1.165, 1.54) is 12.1 Å². The van der Waals surface area contributed by atoms with Crippen molar-refractivity contribution in [1.82, 2.24) is 5.32 Å². The quantitative estimate of drug-likeness (QED) is 0.570. The molecule has 1 saturated carbocycles. The van der Waals surface area contributed by atoms with E-state index in [0.29, 0.717) is 23.8 Å². The number of nitro groups is 1. The second-order valence-electron chi connectivity index (χ2n) is 6.64. The summed E-state index contributed by atoms with van der Waals surface area (Å²) in [6.45, 7) is 0.328. The summed E-state index contributed by atoms with van der Waals surface area (Å²) in [5, 5.41) is 17.3. The lowest BCUT2D eigenvalue weighted by Gasteiger charge is -2.17. The van der Waals surface area contributed by atoms with Gasteiger partial charge in [0.25, 0.3) is 11.6 Å². The van der Waals surface area contributed by atoms with Crippen molar-refractivity contribution in [3.63, 3.8) is 0 Å². The van der Waals surface area contributed by atoms with Crippen LogP contribution in [0.3, 0.4) is 0 Å². The Balaban J connectivity index is 1.75. The molecule has 0 aliphatic heterocycles. The molecule has 1 amide bonds. The first kappa shape index (κ1) is 18.7. The number of rotatable bonds is 7. The predicted molar refractivity (Wildman–Crippen MR) is 103 cm³/mol. The number of anilines is 1. The van der Waals surface area contributed by atoms with Gasteiger partial charge in [-0.15, -0.1) is 0 Å². The van der Waals surface area contributed by atoms with Gasteiger partial charge in [0, 0.05) is 30.4 Å². The van der Waals surface area contributed by atoms with E-state index >= 15 is 0 Å². The fraction of sp³-hybridized carbons (Fsp3) is 0.350. The van der Waals surface area contributed by atoms with E-state index in [1.54, 1.807) is 13.2 Å². The van der Waals surface area contributed by atoms with Crippen LogP contribution in [0.15, 0.2) is 42.5 Å². The van der Waals surface area contributed by atoms with Crippen molar-refractivity contribution >= 4 is 17.3 Å². The normalized spacial score (nSPS) is 14.0. The average Bonchev–Trinajstić information content (AvgIpc) is 3.19. The average molecular weight is 369 g/mol. The van der Waals surface area contributed by atoms with Gasteiger partial charge in [0.2, 0.25) is 0 Å². The van der Waals surface area contributed by atoms with Crippen LogP contribution in [0.4, 0.5) is 11.4 Å². The van der Waals surface area contributed by atoms with E-state index in [-0.39, 0.29) is 11.6 Å². The molecule has 1 aliphatic carbocycles. The highest BCUT2D eigenvalue weighted by atomic mass is 16.6. The van der Waals surface area contributed by atoms with E-state index in [1.807, 2.05) is 24.3 Å². The summed E-state index contributed by atoms with van der Waals surface area (Å²) < 4.78 is 5.12. The van der Waals surface area contributed by atoms with Gasteiger partial charge < -0.3 is 15.4 Å². The van der Waals surface area contributed by atoms with E-state index in [4.69, 9.17) is 4.74 Å². The Morgan fingerprint density at radius 2 is 1.89 bits per heavy atom. The fourth-order valence-corrected chi connectivity index (χ4v) is 3.27. The highest BCUT2D eigenvalue weighted by Gasteiger charge is 2.20. The smallest absolute Gasteiger partial charge is 0.270 e. The van der Waals surface area contributed by atoms with Crippen molar-refractivity contribution in [1.29, 1.82) is 0 Å². The second kappa shape index (κ2) is 8.53. The van der Waals surface area contributed by atoms with Crippen LogP contribution in [0.25, 0.3) is 0 Å². The molecule has 7 nitrogen and oxygen atoms in total. The van der Waals surface area contributed by atoms with Gasteiger partial charge >= 0.3 is 0 Å². The molecule has 0 radical (unpaired) electrons. The number of nitro benzene ring substituents is 1. The van der Waals surface area contributed by atoms with Crippen LogP contribution in [0.1, 0.15) is 41.6 Å². The minimum atomic E-state index is -0.487. The first-order valence-electron chi connectivity index (χ1n) is 9.03. The summed E-state index contributed by atoms with van der Waals surface area (Å²) in [4.78, 5) is 23.3. The van der Waals surface area contributed by atoms with E-state index in [0.717, 1.165) is 37.0 Å². The van der Waals surface area contributed by atoms with Gasteiger partial charge in [0.05, 0.1) is 17.6 Å². The Labute approximate surface area is 157 Å². The molecular weight excluding hydrogens is 346 g/mol. The van der Waals surface area contributed by atoms with Gasteiger partial charge in [0.1, 0.15) is 5.75 Å². The van der Waals surface area contributed by atoms with Crippen molar-refractivity contribution in [2.24, 2.45) is 0 Å². The molecule has 1 fully saturated rings. The van der Waals surface area contributed by atoms with Gasteiger partial charge in [-0.2, -0.15) is 0 Å². The molecule has 7 heteroatoms. The number of carbonyl (C=O) groups is 1. The van der Waals surface area contributed by atoms with E-state index in [2.05, 4.69) is 10.6 Å². The minimum absolute atomic E-state index is 0.0958. The van der Waals surface area contributed by atoms with Gasteiger partial charge in [-0.1, -0.05) is 25.0 Å². The lowest BCUT2D eigenvalue weighted by atomic mass is 10.1. The van der Waals surface area contributed by atoms with E-state index in [9.17, 15) is 14.9 Å². The maximum absolute atomic E-state index is 12.7. The molecule has 142 valence electrons. The van der Waals surface area contributed by atoms with Gasteiger partial charge in [-0.3, -0.25) is 14.9 Å². The molecule has 0 atom stereocenters. The third-order valence-electron chi connectivity index (χ3n) is 4.79. The summed E-state index contributed by atoms with van der Waals surface area (Å²) in [7, 11) is 1.60. The molecule has 2 aromatic rings. The lowest BCUT2D eigenvalue weighted by molar-refractivity contribution is -0.384. The maximum Gasteiger partial charge on any atom is 0.270 e. The highest BCUT2D eigenvalue weighted by Crippen LogP contribution is 2.27. The monoisotopic (exact) mass is 369 g/mol. The minimum Gasteiger partial charge on any atom is -0.497 e. The first-order chi connectivity index (χ1) is 13.1. The van der Waals surface area contributed by atoms with Crippen LogP contribution in [-0.4, -0.2) is 24.0 Å². The van der Waals surface area contributed by atoms with Crippen LogP contribution in [0, 0.1) is 10.1 Å². The van der Waals surface area contributed by atoms with E-state index < -0.39 is 4.92 Å². The number of amides is 1. The number of carbonyl (C=O) groups excluding carboxylic acids is 1. The number of hydrogen-bond acceptors (Lipinski definition) is 5. The number of non-ortho nitro benzene ring substituents is 1. The van der Waals surface area contributed by atoms with Crippen molar-refractivity contribution in [3.8, 4) is 5.75 Å². The number of ether oxygens (including phenoxy) is 1. The Kier molecular flexibility index (Phi) is 5.90.